The number of alkyl halides is 7. The fourth-order valence-electron chi connectivity index (χ4n) is 2.56. The van der Waals surface area contributed by atoms with E-state index in [1.165, 1.54) is 12.1 Å². The molecule has 0 amide bonds. The summed E-state index contributed by atoms with van der Waals surface area (Å²) in [5.41, 5.74) is 0. The summed E-state index contributed by atoms with van der Waals surface area (Å²) < 4.78 is 92.1. The number of benzene rings is 2. The molecule has 0 unspecified atom stereocenters. The van der Waals surface area contributed by atoms with Crippen LogP contribution in [0.2, 0.25) is 0 Å². The summed E-state index contributed by atoms with van der Waals surface area (Å²) in [5.74, 6) is -12.9. The van der Waals surface area contributed by atoms with Gasteiger partial charge in [0.15, 0.2) is 15.2 Å². The summed E-state index contributed by atoms with van der Waals surface area (Å²) in [6, 6.07) is 12.7. The average molecular weight is 367 g/mol. The molecule has 3 rings (SSSR count). The van der Waals surface area contributed by atoms with Gasteiger partial charge in [-0.3, -0.25) is 0 Å². The fraction of sp³-hybridized carbons (Fsp3) is 0.250. The maximum atomic E-state index is 13.9. The third-order valence-corrected chi connectivity index (χ3v) is 6.16. The Labute approximate surface area is 134 Å². The molecule has 0 atom stereocenters. The van der Waals surface area contributed by atoms with Crippen molar-refractivity contribution >= 4 is 30.6 Å². The first-order chi connectivity index (χ1) is 11.1. The molecule has 0 nitrogen and oxygen atoms in total. The van der Waals surface area contributed by atoms with Crippen molar-refractivity contribution in [2.24, 2.45) is 0 Å². The van der Waals surface area contributed by atoms with Crippen molar-refractivity contribution in [3.63, 3.8) is 0 Å². The van der Waals surface area contributed by atoms with E-state index < -0.39 is 34.2 Å². The van der Waals surface area contributed by atoms with Crippen LogP contribution in [-0.4, -0.2) is 18.0 Å². The van der Waals surface area contributed by atoms with Crippen LogP contribution in [0.3, 0.4) is 0 Å². The summed E-state index contributed by atoms with van der Waals surface area (Å²) in [4.78, 5) is 0. The molecule has 0 bridgehead atoms. The first-order valence-electron chi connectivity index (χ1n) is 6.78. The van der Waals surface area contributed by atoms with E-state index in [9.17, 15) is 30.7 Å². The van der Waals surface area contributed by atoms with Crippen LogP contribution in [0, 0.1) is 0 Å². The van der Waals surface area contributed by atoms with E-state index in [1.54, 1.807) is 36.4 Å². The molecular formula is C16H10F7S+. The highest BCUT2D eigenvalue weighted by molar-refractivity contribution is 7.42. The lowest BCUT2D eigenvalue weighted by Crippen LogP contribution is -2.52. The van der Waals surface area contributed by atoms with Crippen molar-refractivity contribution in [3.8, 4) is 0 Å². The van der Waals surface area contributed by atoms with Crippen LogP contribution in [-0.2, 0) is 5.75 Å². The van der Waals surface area contributed by atoms with Crippen molar-refractivity contribution in [2.45, 2.75) is 23.8 Å². The van der Waals surface area contributed by atoms with Crippen molar-refractivity contribution in [2.75, 3.05) is 0 Å². The molecule has 0 aliphatic carbocycles. The SMILES string of the molecule is FC(F)(F)C(F)(F)C(F)(F)C[s+]1c2ccccc2c2ccccc21. The number of halogens is 7. The summed E-state index contributed by atoms with van der Waals surface area (Å²) >= 11 is 0. The van der Waals surface area contributed by atoms with Gasteiger partial charge in [0.1, 0.15) is 0 Å². The van der Waals surface area contributed by atoms with Crippen LogP contribution >= 0.6 is 10.5 Å². The van der Waals surface area contributed by atoms with Gasteiger partial charge in [0.2, 0.25) is 0 Å². The second-order valence-corrected chi connectivity index (χ2v) is 7.25. The van der Waals surface area contributed by atoms with Gasteiger partial charge in [-0.2, -0.15) is 30.7 Å². The third kappa shape index (κ3) is 2.44. The zero-order valence-corrected chi connectivity index (χ0v) is 12.7. The predicted molar refractivity (Wildman–Crippen MR) is 79.9 cm³/mol. The maximum absolute atomic E-state index is 13.9. The number of hydrogen-bond donors (Lipinski definition) is 0. The Morgan fingerprint density at radius 1 is 0.667 bits per heavy atom. The first kappa shape index (κ1) is 17.0. The number of thiophene rings is 1. The Balaban J connectivity index is 2.19. The molecule has 0 fully saturated rings. The van der Waals surface area contributed by atoms with Gasteiger partial charge in [-0.1, -0.05) is 24.3 Å². The molecule has 0 radical (unpaired) electrons. The van der Waals surface area contributed by atoms with Gasteiger partial charge < -0.3 is 0 Å². The zero-order chi connectivity index (χ0) is 17.8. The summed E-state index contributed by atoms with van der Waals surface area (Å²) in [6.45, 7) is 0. The van der Waals surface area contributed by atoms with Gasteiger partial charge in [-0.05, 0) is 34.7 Å². The monoisotopic (exact) mass is 367 g/mol. The Morgan fingerprint density at radius 2 is 1.08 bits per heavy atom. The fourth-order valence-corrected chi connectivity index (χ4v) is 5.03. The lowest BCUT2D eigenvalue weighted by atomic mass is 10.2. The normalized spacial score (nSPS) is 13.8. The van der Waals surface area contributed by atoms with E-state index in [2.05, 4.69) is 0 Å². The Kier molecular flexibility index (Phi) is 3.78. The molecule has 0 aliphatic rings. The van der Waals surface area contributed by atoms with Crippen molar-refractivity contribution in [1.82, 2.24) is 0 Å². The minimum absolute atomic E-state index is 0.358. The third-order valence-electron chi connectivity index (χ3n) is 3.74. The lowest BCUT2D eigenvalue weighted by Gasteiger charge is -2.25. The largest absolute Gasteiger partial charge is 0.460 e. The van der Waals surface area contributed by atoms with Gasteiger partial charge in [0.05, 0.1) is 0 Å². The molecule has 2 aromatic carbocycles. The highest BCUT2D eigenvalue weighted by atomic mass is 32.2. The molecule has 24 heavy (non-hydrogen) atoms. The van der Waals surface area contributed by atoms with Gasteiger partial charge in [0, 0.05) is 10.8 Å². The highest BCUT2D eigenvalue weighted by Gasteiger charge is 2.74. The van der Waals surface area contributed by atoms with Crippen LogP contribution < -0.4 is 0 Å². The molecule has 0 saturated heterocycles. The zero-order valence-electron chi connectivity index (χ0n) is 11.9. The first-order valence-corrected chi connectivity index (χ1v) is 8.17. The van der Waals surface area contributed by atoms with E-state index in [1.807, 2.05) is 0 Å². The molecule has 1 aromatic heterocycles. The molecule has 3 aromatic rings. The second kappa shape index (κ2) is 5.34. The van der Waals surface area contributed by atoms with Crippen LogP contribution in [0.25, 0.3) is 20.2 Å². The molecule has 1 heterocycles. The number of hydrogen-bond acceptors (Lipinski definition) is 0. The minimum atomic E-state index is -6.31. The molecule has 0 N–H and O–H groups in total. The molecule has 0 spiro atoms. The smallest absolute Gasteiger partial charge is 0.193 e. The molecule has 8 heteroatoms. The van der Waals surface area contributed by atoms with Crippen LogP contribution in [0.15, 0.2) is 48.5 Å². The minimum Gasteiger partial charge on any atom is -0.193 e. The van der Waals surface area contributed by atoms with E-state index in [0.29, 0.717) is 20.2 Å². The van der Waals surface area contributed by atoms with Gasteiger partial charge in [0.25, 0.3) is 0 Å². The highest BCUT2D eigenvalue weighted by Crippen LogP contribution is 2.53. The molecule has 0 aliphatic heterocycles. The summed E-state index contributed by atoms with van der Waals surface area (Å²) in [6.07, 6.45) is -6.31. The quantitative estimate of drug-likeness (QED) is 0.363. The predicted octanol–water partition coefficient (Wildman–Crippen LogP) is 6.58. The summed E-state index contributed by atoms with van der Waals surface area (Å²) in [7, 11) is -1.56. The van der Waals surface area contributed by atoms with E-state index >= 15 is 0 Å². The second-order valence-electron chi connectivity index (χ2n) is 5.30. The average Bonchev–Trinajstić information content (AvgIpc) is 2.81. The van der Waals surface area contributed by atoms with E-state index in [0.717, 1.165) is 0 Å². The van der Waals surface area contributed by atoms with Crippen LogP contribution in [0.1, 0.15) is 0 Å². The van der Waals surface area contributed by atoms with E-state index in [4.69, 9.17) is 0 Å². The van der Waals surface area contributed by atoms with Crippen LogP contribution in [0.4, 0.5) is 30.7 Å². The number of rotatable bonds is 3. The molecule has 0 saturated carbocycles. The van der Waals surface area contributed by atoms with Crippen molar-refractivity contribution in [1.29, 1.82) is 0 Å². The van der Waals surface area contributed by atoms with Gasteiger partial charge in [-0.25, -0.2) is 0 Å². The topological polar surface area (TPSA) is 0 Å². The van der Waals surface area contributed by atoms with Crippen LogP contribution in [0.5, 0.6) is 0 Å². The summed E-state index contributed by atoms with van der Waals surface area (Å²) in [5, 5.41) is 1.17. The lowest BCUT2D eigenvalue weighted by molar-refractivity contribution is -0.351. The standard InChI is InChI=1S/C16H10F7S/c17-14(18,15(19,20)16(21,22)23)9-24-12-7-3-1-5-10(12)11-6-2-4-8-13(11)24/h1-8H,9H2/q+1. The van der Waals surface area contributed by atoms with Gasteiger partial charge >= 0.3 is 18.0 Å². The van der Waals surface area contributed by atoms with E-state index in [-0.39, 0.29) is 0 Å². The molecular weight excluding hydrogens is 357 g/mol. The Morgan fingerprint density at radius 3 is 1.50 bits per heavy atom. The molecule has 128 valence electrons. The number of fused-ring (bicyclic) bond motifs is 3. The Hall–Kier alpha value is -1.83. The van der Waals surface area contributed by atoms with Crippen molar-refractivity contribution < 1.29 is 30.7 Å². The Bertz CT molecular complexity index is 839. The van der Waals surface area contributed by atoms with Gasteiger partial charge in [-0.15, -0.1) is 0 Å². The van der Waals surface area contributed by atoms with Crippen molar-refractivity contribution in [3.05, 3.63) is 48.5 Å². The maximum Gasteiger partial charge on any atom is 0.460 e.